The van der Waals surface area contributed by atoms with Crippen LogP contribution in [-0.2, 0) is 10.8 Å². The number of nitrogens with one attached hydrogen (secondary N) is 1. The molecule has 1 aromatic carbocycles. The number of nitrogens with zero attached hydrogens (tertiary/aromatic N) is 2. The Morgan fingerprint density at radius 3 is 2.52 bits per heavy atom. The van der Waals surface area contributed by atoms with Crippen molar-refractivity contribution in [3.8, 4) is 11.4 Å². The van der Waals surface area contributed by atoms with E-state index in [1.807, 2.05) is 0 Å². The first kappa shape index (κ1) is 16.8. The lowest BCUT2D eigenvalue weighted by Crippen LogP contribution is -2.34. The number of piperidine rings is 1. The Balaban J connectivity index is 1.78. The van der Waals surface area contributed by atoms with Crippen LogP contribution in [0.3, 0.4) is 0 Å². The Kier molecular flexibility index (Phi) is 3.99. The van der Waals surface area contributed by atoms with Crippen molar-refractivity contribution in [2.45, 2.75) is 70.1 Å². The van der Waals surface area contributed by atoms with Gasteiger partial charge in [-0.3, -0.25) is 0 Å². The fraction of sp³-hybridized carbons (Fsp3) is 0.619. The van der Waals surface area contributed by atoms with Crippen LogP contribution in [0, 0.1) is 0 Å². The molecule has 0 unspecified atom stereocenters. The Bertz CT molecular complexity index is 769. The Hall–Kier alpha value is -1.68. The summed E-state index contributed by atoms with van der Waals surface area (Å²) in [5, 5.41) is 7.77. The van der Waals surface area contributed by atoms with E-state index in [0.717, 1.165) is 43.2 Å². The summed E-state index contributed by atoms with van der Waals surface area (Å²) in [6.07, 6.45) is 4.55. The molecule has 0 radical (unpaired) electrons. The van der Waals surface area contributed by atoms with E-state index in [1.54, 1.807) is 0 Å². The smallest absolute Gasteiger partial charge is 0.230 e. The lowest BCUT2D eigenvalue weighted by atomic mass is 9.62. The van der Waals surface area contributed by atoms with Crippen molar-refractivity contribution in [3.63, 3.8) is 0 Å². The highest BCUT2D eigenvalue weighted by Gasteiger charge is 2.39. The van der Waals surface area contributed by atoms with Crippen LogP contribution >= 0.6 is 0 Å². The van der Waals surface area contributed by atoms with Crippen LogP contribution in [-0.4, -0.2) is 23.2 Å². The van der Waals surface area contributed by atoms with Gasteiger partial charge in [0, 0.05) is 11.5 Å². The molecule has 25 heavy (non-hydrogen) atoms. The first-order chi connectivity index (χ1) is 11.9. The van der Waals surface area contributed by atoms with Gasteiger partial charge in [-0.2, -0.15) is 4.98 Å². The zero-order chi connectivity index (χ0) is 17.7. The van der Waals surface area contributed by atoms with Crippen LogP contribution in [0.1, 0.15) is 76.3 Å². The first-order valence-electron chi connectivity index (χ1n) is 9.57. The lowest BCUT2D eigenvalue weighted by Gasteiger charge is -2.42. The van der Waals surface area contributed by atoms with Gasteiger partial charge >= 0.3 is 0 Å². The van der Waals surface area contributed by atoms with Crippen LogP contribution in [0.2, 0.25) is 0 Å². The predicted octanol–water partition coefficient (Wildman–Crippen LogP) is 4.55. The minimum atomic E-state index is 0.136. The van der Waals surface area contributed by atoms with Gasteiger partial charge < -0.3 is 9.84 Å². The Morgan fingerprint density at radius 2 is 1.76 bits per heavy atom. The summed E-state index contributed by atoms with van der Waals surface area (Å²) in [5.41, 5.74) is 4.33. The molecule has 134 valence electrons. The minimum Gasteiger partial charge on any atom is -0.339 e. The number of fused-ring (bicyclic) bond motifs is 1. The molecule has 1 aliphatic carbocycles. The molecule has 2 aromatic rings. The maximum absolute atomic E-state index is 5.68. The third-order valence-electron chi connectivity index (χ3n) is 6.22. The van der Waals surface area contributed by atoms with Gasteiger partial charge in [0.1, 0.15) is 0 Å². The van der Waals surface area contributed by atoms with E-state index in [4.69, 9.17) is 9.51 Å². The molecular formula is C21H29N3O. The molecule has 0 saturated carbocycles. The van der Waals surface area contributed by atoms with Crippen molar-refractivity contribution in [2.24, 2.45) is 0 Å². The average molecular weight is 339 g/mol. The summed E-state index contributed by atoms with van der Waals surface area (Å²) >= 11 is 0. The summed E-state index contributed by atoms with van der Waals surface area (Å²) < 4.78 is 5.68. The number of benzene rings is 1. The second kappa shape index (κ2) is 5.94. The number of hydrogen-bond donors (Lipinski definition) is 1. The third kappa shape index (κ3) is 2.91. The van der Waals surface area contributed by atoms with Crippen LogP contribution < -0.4 is 5.32 Å². The van der Waals surface area contributed by atoms with Crippen LogP contribution in [0.25, 0.3) is 11.4 Å². The van der Waals surface area contributed by atoms with Crippen molar-refractivity contribution < 1.29 is 4.52 Å². The van der Waals surface area contributed by atoms with E-state index in [9.17, 15) is 0 Å². The monoisotopic (exact) mass is 339 g/mol. The topological polar surface area (TPSA) is 51.0 Å². The summed E-state index contributed by atoms with van der Waals surface area (Å²) in [7, 11) is 0. The van der Waals surface area contributed by atoms with Crippen molar-refractivity contribution in [2.75, 3.05) is 13.1 Å². The molecular weight excluding hydrogens is 310 g/mol. The van der Waals surface area contributed by atoms with Gasteiger partial charge in [-0.15, -0.1) is 0 Å². The van der Waals surface area contributed by atoms with E-state index in [-0.39, 0.29) is 10.8 Å². The number of hydrogen-bond acceptors (Lipinski definition) is 4. The van der Waals surface area contributed by atoms with Gasteiger partial charge in [0.2, 0.25) is 11.7 Å². The van der Waals surface area contributed by atoms with Crippen LogP contribution in [0.15, 0.2) is 22.7 Å². The molecule has 4 nitrogen and oxygen atoms in total. The maximum Gasteiger partial charge on any atom is 0.230 e. The zero-order valence-corrected chi connectivity index (χ0v) is 15.9. The van der Waals surface area contributed by atoms with E-state index in [1.165, 1.54) is 24.0 Å². The first-order valence-corrected chi connectivity index (χ1v) is 9.57. The van der Waals surface area contributed by atoms with Gasteiger partial charge in [-0.1, -0.05) is 51.1 Å². The SMILES string of the molecule is CC1(C)CCC(C)(C)c2c(-c3noc(C4CCNCC4)n3)cccc21. The quantitative estimate of drug-likeness (QED) is 0.872. The lowest BCUT2D eigenvalue weighted by molar-refractivity contribution is 0.320. The Morgan fingerprint density at radius 1 is 1.04 bits per heavy atom. The highest BCUT2D eigenvalue weighted by molar-refractivity contribution is 5.66. The molecule has 0 spiro atoms. The average Bonchev–Trinajstić information content (AvgIpc) is 3.09. The fourth-order valence-corrected chi connectivity index (χ4v) is 4.50. The number of rotatable bonds is 2. The van der Waals surface area contributed by atoms with Crippen molar-refractivity contribution in [3.05, 3.63) is 35.2 Å². The minimum absolute atomic E-state index is 0.136. The number of aromatic nitrogens is 2. The molecule has 1 saturated heterocycles. The largest absolute Gasteiger partial charge is 0.339 e. The van der Waals surface area contributed by atoms with E-state index < -0.39 is 0 Å². The summed E-state index contributed by atoms with van der Waals surface area (Å²) in [5.74, 6) is 1.96. The molecule has 2 heterocycles. The van der Waals surface area contributed by atoms with E-state index in [0.29, 0.717) is 5.92 Å². The Labute approximate surface area is 150 Å². The maximum atomic E-state index is 5.68. The van der Waals surface area contributed by atoms with Crippen molar-refractivity contribution in [1.29, 1.82) is 0 Å². The summed E-state index contributed by atoms with van der Waals surface area (Å²) in [6.45, 7) is 11.5. The van der Waals surface area contributed by atoms with Crippen molar-refractivity contribution >= 4 is 0 Å². The molecule has 4 heteroatoms. The third-order valence-corrected chi connectivity index (χ3v) is 6.22. The second-order valence-electron chi connectivity index (χ2n) is 8.98. The summed E-state index contributed by atoms with van der Waals surface area (Å²) in [6, 6.07) is 6.60. The molecule has 0 bridgehead atoms. The molecule has 1 fully saturated rings. The second-order valence-corrected chi connectivity index (χ2v) is 8.98. The zero-order valence-electron chi connectivity index (χ0n) is 15.9. The van der Waals surface area contributed by atoms with Gasteiger partial charge in [-0.05, 0) is 60.7 Å². The highest BCUT2D eigenvalue weighted by Crippen LogP contribution is 2.48. The summed E-state index contributed by atoms with van der Waals surface area (Å²) in [4.78, 5) is 4.82. The highest BCUT2D eigenvalue weighted by atomic mass is 16.5. The predicted molar refractivity (Wildman–Crippen MR) is 99.9 cm³/mol. The van der Waals surface area contributed by atoms with E-state index >= 15 is 0 Å². The normalized spacial score (nSPS) is 22.6. The van der Waals surface area contributed by atoms with Crippen molar-refractivity contribution in [1.82, 2.24) is 15.5 Å². The van der Waals surface area contributed by atoms with Gasteiger partial charge in [0.05, 0.1) is 0 Å². The standard InChI is InChI=1S/C21H29N3O/c1-20(2)10-11-21(3,4)17-15(6-5-7-16(17)20)18-23-19(25-24-18)14-8-12-22-13-9-14/h5-7,14,22H,8-13H2,1-4H3. The molecule has 1 N–H and O–H groups in total. The fourth-order valence-electron chi connectivity index (χ4n) is 4.50. The van der Waals surface area contributed by atoms with Crippen LogP contribution in [0.5, 0.6) is 0 Å². The van der Waals surface area contributed by atoms with E-state index in [2.05, 4.69) is 56.4 Å². The molecule has 1 aliphatic heterocycles. The van der Waals surface area contributed by atoms with Gasteiger partial charge in [-0.25, -0.2) is 0 Å². The molecule has 4 rings (SSSR count). The molecule has 1 aromatic heterocycles. The van der Waals surface area contributed by atoms with Crippen LogP contribution in [0.4, 0.5) is 0 Å². The van der Waals surface area contributed by atoms with Gasteiger partial charge in [0.25, 0.3) is 0 Å². The molecule has 2 aliphatic rings. The van der Waals surface area contributed by atoms with Gasteiger partial charge in [0.15, 0.2) is 0 Å². The molecule has 0 atom stereocenters. The molecule has 0 amide bonds.